The lowest BCUT2D eigenvalue weighted by atomic mass is 10.2. The van der Waals surface area contributed by atoms with Gasteiger partial charge in [-0.25, -0.2) is 0 Å². The van der Waals surface area contributed by atoms with Gasteiger partial charge in [-0.3, -0.25) is 4.79 Å². The van der Waals surface area contributed by atoms with Gasteiger partial charge in [0, 0.05) is 13.2 Å². The first-order valence-corrected chi connectivity index (χ1v) is 7.39. The highest BCUT2D eigenvalue weighted by atomic mass is 35.5. The molecule has 0 bridgehead atoms. The summed E-state index contributed by atoms with van der Waals surface area (Å²) < 4.78 is 10.5. The maximum absolute atomic E-state index is 12.0. The molecule has 1 aliphatic rings. The smallest absolute Gasteiger partial charge is 0.248 e. The molecule has 1 N–H and O–H groups in total. The van der Waals surface area contributed by atoms with E-state index in [1.54, 1.807) is 31.4 Å². The number of methoxy groups -OCH3 is 1. The molecule has 2 rings (SSSR count). The highest BCUT2D eigenvalue weighted by Gasteiger charge is 2.23. The Balaban J connectivity index is 2.05. The van der Waals surface area contributed by atoms with Crippen LogP contribution < -0.4 is 10.1 Å². The van der Waals surface area contributed by atoms with E-state index in [2.05, 4.69) is 5.32 Å². The van der Waals surface area contributed by atoms with Crippen molar-refractivity contribution in [1.29, 1.82) is 0 Å². The Hall–Kier alpha value is -1.52. The van der Waals surface area contributed by atoms with Crippen LogP contribution in [0.1, 0.15) is 19.8 Å². The summed E-state index contributed by atoms with van der Waals surface area (Å²) in [5.74, 6) is 0.896. The average Bonchev–Trinajstić information content (AvgIpc) is 3.26. The molecule has 0 radical (unpaired) electrons. The highest BCUT2D eigenvalue weighted by Crippen LogP contribution is 2.36. The van der Waals surface area contributed by atoms with E-state index in [1.165, 1.54) is 12.8 Å². The SMILES string of the molecule is COCCOc1c(Cl)cccc1NC(=O)/C=C(\C)C1CC1. The van der Waals surface area contributed by atoms with Crippen LogP contribution in [0, 0.1) is 5.92 Å². The average molecular weight is 310 g/mol. The van der Waals surface area contributed by atoms with Gasteiger partial charge in [0.15, 0.2) is 5.75 Å². The van der Waals surface area contributed by atoms with Crippen LogP contribution in [0.4, 0.5) is 5.69 Å². The Kier molecular flexibility index (Phi) is 5.65. The molecule has 4 nitrogen and oxygen atoms in total. The summed E-state index contributed by atoms with van der Waals surface area (Å²) in [6.07, 6.45) is 4.01. The molecule has 0 saturated heterocycles. The molecule has 0 aromatic heterocycles. The maximum Gasteiger partial charge on any atom is 0.248 e. The molecule has 5 heteroatoms. The van der Waals surface area contributed by atoms with E-state index < -0.39 is 0 Å². The minimum atomic E-state index is -0.154. The second-order valence-electron chi connectivity index (χ2n) is 5.11. The number of nitrogens with one attached hydrogen (secondary N) is 1. The zero-order valence-electron chi connectivity index (χ0n) is 12.3. The lowest BCUT2D eigenvalue weighted by Crippen LogP contribution is -2.12. The number of amides is 1. The number of hydrogen-bond acceptors (Lipinski definition) is 3. The molecule has 1 aliphatic carbocycles. The molecule has 1 fully saturated rings. The van der Waals surface area contributed by atoms with Crippen molar-refractivity contribution in [2.45, 2.75) is 19.8 Å². The van der Waals surface area contributed by atoms with Crippen molar-refractivity contribution in [3.8, 4) is 5.75 Å². The van der Waals surface area contributed by atoms with Crippen LogP contribution in [0.25, 0.3) is 0 Å². The minimum absolute atomic E-state index is 0.154. The molecule has 0 spiro atoms. The fraction of sp³-hybridized carbons (Fsp3) is 0.438. The number of allylic oxidation sites excluding steroid dienone is 1. The second-order valence-corrected chi connectivity index (χ2v) is 5.52. The summed E-state index contributed by atoms with van der Waals surface area (Å²) in [6.45, 7) is 2.82. The number of carbonyl (C=O) groups is 1. The van der Waals surface area contributed by atoms with Gasteiger partial charge in [-0.1, -0.05) is 23.2 Å². The van der Waals surface area contributed by atoms with Crippen LogP contribution >= 0.6 is 11.6 Å². The molecule has 0 atom stereocenters. The summed E-state index contributed by atoms with van der Waals surface area (Å²) >= 11 is 6.13. The molecule has 1 aromatic carbocycles. The molecular formula is C16H20ClNO3. The number of benzene rings is 1. The Morgan fingerprint density at radius 2 is 2.19 bits per heavy atom. The van der Waals surface area contributed by atoms with Crippen molar-refractivity contribution in [3.05, 3.63) is 34.9 Å². The topological polar surface area (TPSA) is 47.6 Å². The van der Waals surface area contributed by atoms with Crippen molar-refractivity contribution in [2.75, 3.05) is 25.6 Å². The third-order valence-corrected chi connectivity index (χ3v) is 3.64. The number of carbonyl (C=O) groups excluding carboxylic acids is 1. The summed E-state index contributed by atoms with van der Waals surface area (Å²) in [7, 11) is 1.60. The van der Waals surface area contributed by atoms with Crippen LogP contribution in [0.3, 0.4) is 0 Å². The summed E-state index contributed by atoms with van der Waals surface area (Å²) in [5.41, 5.74) is 1.69. The van der Waals surface area contributed by atoms with Crippen LogP contribution in [0.15, 0.2) is 29.8 Å². The van der Waals surface area contributed by atoms with Gasteiger partial charge in [-0.2, -0.15) is 0 Å². The van der Waals surface area contributed by atoms with Gasteiger partial charge in [-0.15, -0.1) is 0 Å². The zero-order valence-corrected chi connectivity index (χ0v) is 13.1. The number of anilines is 1. The van der Waals surface area contributed by atoms with E-state index in [1.807, 2.05) is 6.92 Å². The van der Waals surface area contributed by atoms with Gasteiger partial charge >= 0.3 is 0 Å². The second kappa shape index (κ2) is 7.48. The minimum Gasteiger partial charge on any atom is -0.487 e. The standard InChI is InChI=1S/C16H20ClNO3/c1-11(12-6-7-12)10-15(19)18-14-5-3-4-13(17)16(14)21-9-8-20-2/h3-5,10,12H,6-9H2,1-2H3,(H,18,19)/b11-10+. The van der Waals surface area contributed by atoms with Gasteiger partial charge < -0.3 is 14.8 Å². The molecular weight excluding hydrogens is 290 g/mol. The lowest BCUT2D eigenvalue weighted by Gasteiger charge is -2.13. The third kappa shape index (κ3) is 4.76. The van der Waals surface area contributed by atoms with Crippen LogP contribution in [0.5, 0.6) is 5.75 Å². The molecule has 0 heterocycles. The van der Waals surface area contributed by atoms with E-state index in [9.17, 15) is 4.79 Å². The molecule has 21 heavy (non-hydrogen) atoms. The van der Waals surface area contributed by atoms with Gasteiger partial charge in [0.25, 0.3) is 0 Å². The van der Waals surface area contributed by atoms with Gasteiger partial charge in [0.1, 0.15) is 6.61 Å². The van der Waals surface area contributed by atoms with Crippen molar-refractivity contribution in [1.82, 2.24) is 0 Å². The molecule has 0 aliphatic heterocycles. The monoisotopic (exact) mass is 309 g/mol. The predicted molar refractivity (Wildman–Crippen MR) is 83.9 cm³/mol. The van der Waals surface area contributed by atoms with Crippen LogP contribution in [0.2, 0.25) is 5.02 Å². The molecule has 1 amide bonds. The van der Waals surface area contributed by atoms with Crippen molar-refractivity contribution < 1.29 is 14.3 Å². The number of hydrogen-bond donors (Lipinski definition) is 1. The van der Waals surface area contributed by atoms with Gasteiger partial charge in [0.05, 0.1) is 17.3 Å². The number of para-hydroxylation sites is 1. The van der Waals surface area contributed by atoms with E-state index in [4.69, 9.17) is 21.1 Å². The largest absolute Gasteiger partial charge is 0.487 e. The van der Waals surface area contributed by atoms with E-state index in [-0.39, 0.29) is 5.91 Å². The van der Waals surface area contributed by atoms with Crippen molar-refractivity contribution >= 4 is 23.2 Å². The quantitative estimate of drug-likeness (QED) is 0.617. The number of rotatable bonds is 7. The Morgan fingerprint density at radius 1 is 1.43 bits per heavy atom. The fourth-order valence-electron chi connectivity index (χ4n) is 2.01. The summed E-state index contributed by atoms with van der Waals surface area (Å²) in [6, 6.07) is 5.27. The van der Waals surface area contributed by atoms with Crippen molar-refractivity contribution in [2.24, 2.45) is 5.92 Å². The third-order valence-electron chi connectivity index (χ3n) is 3.34. The fourth-order valence-corrected chi connectivity index (χ4v) is 2.24. The Labute approximate surface area is 130 Å². The molecule has 114 valence electrons. The number of ether oxygens (including phenoxy) is 2. The molecule has 1 saturated carbocycles. The van der Waals surface area contributed by atoms with Crippen molar-refractivity contribution in [3.63, 3.8) is 0 Å². The lowest BCUT2D eigenvalue weighted by molar-refractivity contribution is -0.112. The Morgan fingerprint density at radius 3 is 2.86 bits per heavy atom. The van der Waals surface area contributed by atoms with E-state index >= 15 is 0 Å². The Bertz CT molecular complexity index is 538. The first-order valence-electron chi connectivity index (χ1n) is 7.01. The van der Waals surface area contributed by atoms with Crippen LogP contribution in [-0.4, -0.2) is 26.2 Å². The summed E-state index contributed by atoms with van der Waals surface area (Å²) in [4.78, 5) is 12.0. The number of halogens is 1. The summed E-state index contributed by atoms with van der Waals surface area (Å²) in [5, 5.41) is 3.29. The zero-order chi connectivity index (χ0) is 15.2. The van der Waals surface area contributed by atoms with E-state index in [0.717, 1.165) is 5.57 Å². The predicted octanol–water partition coefficient (Wildman–Crippen LogP) is 3.66. The van der Waals surface area contributed by atoms with Crippen LogP contribution in [-0.2, 0) is 9.53 Å². The van der Waals surface area contributed by atoms with Gasteiger partial charge in [0.2, 0.25) is 5.91 Å². The normalized spacial score (nSPS) is 14.9. The first kappa shape index (κ1) is 15.9. The maximum atomic E-state index is 12.0. The molecule has 0 unspecified atom stereocenters. The van der Waals surface area contributed by atoms with Gasteiger partial charge in [-0.05, 0) is 37.8 Å². The van der Waals surface area contributed by atoms with E-state index in [0.29, 0.717) is 35.6 Å². The highest BCUT2D eigenvalue weighted by molar-refractivity contribution is 6.32. The molecule has 1 aromatic rings. The first-order chi connectivity index (χ1) is 10.1.